The van der Waals surface area contributed by atoms with Crippen LogP contribution >= 0.6 is 0 Å². The molecule has 0 aliphatic heterocycles. The summed E-state index contributed by atoms with van der Waals surface area (Å²) in [5.41, 5.74) is 2.14. The molecule has 0 heterocycles. The zero-order valence-electron chi connectivity index (χ0n) is 8.28. The number of hydrogen-bond acceptors (Lipinski definition) is 0. The van der Waals surface area contributed by atoms with Crippen LogP contribution in [0.15, 0.2) is 11.6 Å². The van der Waals surface area contributed by atoms with E-state index in [1.807, 2.05) is 0 Å². The van der Waals surface area contributed by atoms with Gasteiger partial charge < -0.3 is 0 Å². The first kappa shape index (κ1) is 8.83. The molecular weight excluding hydrogens is 132 g/mol. The van der Waals surface area contributed by atoms with E-state index in [9.17, 15) is 0 Å². The van der Waals surface area contributed by atoms with Crippen molar-refractivity contribution in [2.45, 2.75) is 47.0 Å². The molecule has 0 aromatic carbocycles. The molecule has 1 rings (SSSR count). The molecule has 0 aromatic heterocycles. The quantitative estimate of drug-likeness (QED) is 0.463. The van der Waals surface area contributed by atoms with Gasteiger partial charge in [0.2, 0.25) is 0 Å². The fourth-order valence-electron chi connectivity index (χ4n) is 1.58. The molecule has 1 aliphatic carbocycles. The molecule has 1 atom stereocenters. The predicted molar refractivity (Wildman–Crippen MR) is 50.6 cm³/mol. The predicted octanol–water partition coefficient (Wildman–Crippen LogP) is 3.78. The van der Waals surface area contributed by atoms with E-state index in [0.29, 0.717) is 5.41 Å². The van der Waals surface area contributed by atoms with E-state index < -0.39 is 0 Å². The van der Waals surface area contributed by atoms with Gasteiger partial charge in [0.15, 0.2) is 0 Å². The molecular formula is C11H20. The van der Waals surface area contributed by atoms with Gasteiger partial charge in [0.05, 0.1) is 0 Å². The standard InChI is InChI=1S/C11H20/c1-9-5-7-11(3,4)8-6-10(9)2/h5,10H,6-8H2,1-4H3. The lowest BCUT2D eigenvalue weighted by Gasteiger charge is -2.21. The lowest BCUT2D eigenvalue weighted by molar-refractivity contribution is 0.324. The Balaban J connectivity index is 2.67. The monoisotopic (exact) mass is 152 g/mol. The highest BCUT2D eigenvalue weighted by Gasteiger charge is 2.21. The Morgan fingerprint density at radius 3 is 2.73 bits per heavy atom. The normalized spacial score (nSPS) is 30.9. The lowest BCUT2D eigenvalue weighted by Crippen LogP contribution is -2.08. The van der Waals surface area contributed by atoms with Crippen molar-refractivity contribution in [3.8, 4) is 0 Å². The first-order chi connectivity index (χ1) is 5.01. The van der Waals surface area contributed by atoms with Crippen LogP contribution < -0.4 is 0 Å². The Hall–Kier alpha value is -0.260. The fourth-order valence-corrected chi connectivity index (χ4v) is 1.58. The third-order valence-corrected chi connectivity index (χ3v) is 3.01. The van der Waals surface area contributed by atoms with Gasteiger partial charge in [-0.2, -0.15) is 0 Å². The molecule has 11 heavy (non-hydrogen) atoms. The summed E-state index contributed by atoms with van der Waals surface area (Å²) in [5, 5.41) is 0. The lowest BCUT2D eigenvalue weighted by atomic mass is 9.85. The number of hydrogen-bond donors (Lipinski definition) is 0. The third kappa shape index (κ3) is 2.36. The van der Waals surface area contributed by atoms with Crippen LogP contribution in [0.2, 0.25) is 0 Å². The minimum atomic E-state index is 0.548. The average molecular weight is 152 g/mol. The van der Waals surface area contributed by atoms with E-state index in [1.165, 1.54) is 19.3 Å². The molecule has 0 amide bonds. The van der Waals surface area contributed by atoms with Crippen molar-refractivity contribution in [2.24, 2.45) is 11.3 Å². The molecule has 0 saturated heterocycles. The highest BCUT2D eigenvalue weighted by Crippen LogP contribution is 2.34. The van der Waals surface area contributed by atoms with Gasteiger partial charge in [0, 0.05) is 0 Å². The highest BCUT2D eigenvalue weighted by atomic mass is 14.3. The van der Waals surface area contributed by atoms with E-state index in [2.05, 4.69) is 33.8 Å². The molecule has 0 spiro atoms. The van der Waals surface area contributed by atoms with E-state index in [1.54, 1.807) is 5.57 Å². The van der Waals surface area contributed by atoms with Crippen molar-refractivity contribution in [2.75, 3.05) is 0 Å². The fraction of sp³-hybridized carbons (Fsp3) is 0.818. The van der Waals surface area contributed by atoms with Gasteiger partial charge in [-0.05, 0) is 37.5 Å². The van der Waals surface area contributed by atoms with E-state index in [-0.39, 0.29) is 0 Å². The van der Waals surface area contributed by atoms with Gasteiger partial charge in [0.1, 0.15) is 0 Å². The molecule has 0 radical (unpaired) electrons. The van der Waals surface area contributed by atoms with Crippen LogP contribution in [0.3, 0.4) is 0 Å². The van der Waals surface area contributed by atoms with Gasteiger partial charge in [-0.25, -0.2) is 0 Å². The minimum Gasteiger partial charge on any atom is -0.0848 e. The molecule has 64 valence electrons. The first-order valence-corrected chi connectivity index (χ1v) is 4.68. The van der Waals surface area contributed by atoms with Crippen LogP contribution in [0, 0.1) is 11.3 Å². The summed E-state index contributed by atoms with van der Waals surface area (Å²) in [4.78, 5) is 0. The Morgan fingerprint density at radius 1 is 1.45 bits per heavy atom. The summed E-state index contributed by atoms with van der Waals surface area (Å²) in [6, 6.07) is 0. The second-order valence-electron chi connectivity index (χ2n) is 4.76. The summed E-state index contributed by atoms with van der Waals surface area (Å²) >= 11 is 0. The number of allylic oxidation sites excluding steroid dienone is 2. The summed E-state index contributed by atoms with van der Waals surface area (Å²) in [7, 11) is 0. The SMILES string of the molecule is CC1=CCC(C)(C)CCC1C. The van der Waals surface area contributed by atoms with Crippen LogP contribution in [-0.2, 0) is 0 Å². The maximum Gasteiger partial charge on any atom is -0.0234 e. The maximum atomic E-state index is 2.43. The molecule has 0 heteroatoms. The molecule has 0 nitrogen and oxygen atoms in total. The second kappa shape index (κ2) is 3.00. The summed E-state index contributed by atoms with van der Waals surface area (Å²) < 4.78 is 0. The van der Waals surface area contributed by atoms with Gasteiger partial charge in [0.25, 0.3) is 0 Å². The van der Waals surface area contributed by atoms with Crippen molar-refractivity contribution < 1.29 is 0 Å². The Labute approximate surface area is 70.7 Å². The van der Waals surface area contributed by atoms with Crippen molar-refractivity contribution in [1.82, 2.24) is 0 Å². The van der Waals surface area contributed by atoms with Crippen molar-refractivity contribution in [3.63, 3.8) is 0 Å². The minimum absolute atomic E-state index is 0.548. The van der Waals surface area contributed by atoms with E-state index in [4.69, 9.17) is 0 Å². The number of rotatable bonds is 0. The van der Waals surface area contributed by atoms with Crippen LogP contribution in [0.4, 0.5) is 0 Å². The van der Waals surface area contributed by atoms with Gasteiger partial charge in [-0.3, -0.25) is 0 Å². The van der Waals surface area contributed by atoms with Crippen LogP contribution in [0.25, 0.3) is 0 Å². The largest absolute Gasteiger partial charge is 0.0848 e. The van der Waals surface area contributed by atoms with Crippen molar-refractivity contribution >= 4 is 0 Å². The summed E-state index contributed by atoms with van der Waals surface area (Å²) in [6.45, 7) is 9.35. The molecule has 0 N–H and O–H groups in total. The van der Waals surface area contributed by atoms with Gasteiger partial charge in [-0.15, -0.1) is 0 Å². The van der Waals surface area contributed by atoms with Crippen LogP contribution in [-0.4, -0.2) is 0 Å². The smallest absolute Gasteiger partial charge is 0.0234 e. The van der Waals surface area contributed by atoms with Crippen LogP contribution in [0.1, 0.15) is 47.0 Å². The first-order valence-electron chi connectivity index (χ1n) is 4.68. The van der Waals surface area contributed by atoms with Gasteiger partial charge in [-0.1, -0.05) is 32.4 Å². The molecule has 1 unspecified atom stereocenters. The average Bonchev–Trinajstić information content (AvgIpc) is 2.03. The van der Waals surface area contributed by atoms with Crippen LogP contribution in [0.5, 0.6) is 0 Å². The second-order valence-corrected chi connectivity index (χ2v) is 4.76. The van der Waals surface area contributed by atoms with E-state index in [0.717, 1.165) is 5.92 Å². The third-order valence-electron chi connectivity index (χ3n) is 3.01. The Morgan fingerprint density at radius 2 is 2.09 bits per heavy atom. The van der Waals surface area contributed by atoms with Gasteiger partial charge >= 0.3 is 0 Å². The molecule has 0 fully saturated rings. The Bertz CT molecular complexity index is 163. The summed E-state index contributed by atoms with van der Waals surface area (Å²) in [5.74, 6) is 0.816. The highest BCUT2D eigenvalue weighted by molar-refractivity contribution is 5.06. The Kier molecular flexibility index (Phi) is 2.41. The molecule has 1 aliphatic rings. The van der Waals surface area contributed by atoms with E-state index >= 15 is 0 Å². The topological polar surface area (TPSA) is 0 Å². The van der Waals surface area contributed by atoms with Crippen molar-refractivity contribution in [1.29, 1.82) is 0 Å². The molecule has 0 aromatic rings. The zero-order chi connectivity index (χ0) is 8.48. The molecule has 0 saturated carbocycles. The van der Waals surface area contributed by atoms with Crippen molar-refractivity contribution in [3.05, 3.63) is 11.6 Å². The maximum absolute atomic E-state index is 2.43. The zero-order valence-corrected chi connectivity index (χ0v) is 8.28. The molecule has 0 bridgehead atoms. The summed E-state index contributed by atoms with van der Waals surface area (Å²) in [6.07, 6.45) is 6.44.